The molecule has 3 N–H and O–H groups in total. The van der Waals surface area contributed by atoms with Crippen molar-refractivity contribution >= 4 is 23.4 Å². The van der Waals surface area contributed by atoms with Crippen molar-refractivity contribution in [2.45, 2.75) is 38.0 Å². The second-order valence-electron chi connectivity index (χ2n) is 7.32. The van der Waals surface area contributed by atoms with Crippen LogP contribution < -0.4 is 10.8 Å². The molecule has 0 spiro atoms. The number of rotatable bonds is 7. The number of fused-ring (bicyclic) bond motifs is 1. The molecule has 0 radical (unpaired) electrons. The van der Waals surface area contributed by atoms with Gasteiger partial charge in [-0.3, -0.25) is 19.6 Å². The molecule has 1 saturated heterocycles. The minimum atomic E-state index is -0.396. The maximum absolute atomic E-state index is 12.9. The third-order valence-corrected chi connectivity index (χ3v) is 5.49. The highest BCUT2D eigenvalue weighted by atomic mass is 16.5. The Morgan fingerprint density at radius 1 is 1.00 bits per heavy atom. The molecular weight excluding hydrogens is 360 g/mol. The first-order valence-corrected chi connectivity index (χ1v) is 9.92. The number of hydrogen-bond donors (Lipinski definition) is 3. The molecule has 1 atom stereocenters. The van der Waals surface area contributed by atoms with Gasteiger partial charge >= 0.3 is 0 Å². The van der Waals surface area contributed by atoms with Gasteiger partial charge in [0.25, 0.3) is 0 Å². The highest BCUT2D eigenvalue weighted by molar-refractivity contribution is 5.88. The van der Waals surface area contributed by atoms with Crippen LogP contribution in [0.5, 0.6) is 0 Å². The fourth-order valence-corrected chi connectivity index (χ4v) is 3.85. The standard InChI is InChI=1S/C20H28N4O4/c25-18(22-28)8-2-1-3-9-19(26)23-10-12-24(13-11-23)20(27)16-14-21-17-7-5-4-6-15(16)17/h4-7,16,21,28H,1-3,8-14H2,(H,22,25). The van der Waals surface area contributed by atoms with Gasteiger partial charge in [0.1, 0.15) is 0 Å². The molecule has 0 aromatic heterocycles. The first-order valence-electron chi connectivity index (χ1n) is 9.92. The fourth-order valence-electron chi connectivity index (χ4n) is 3.85. The van der Waals surface area contributed by atoms with E-state index in [1.165, 1.54) is 0 Å². The number of benzene rings is 1. The molecular formula is C20H28N4O4. The summed E-state index contributed by atoms with van der Waals surface area (Å²) in [6, 6.07) is 7.92. The van der Waals surface area contributed by atoms with Crippen molar-refractivity contribution in [1.29, 1.82) is 0 Å². The normalized spacial score (nSPS) is 18.4. The van der Waals surface area contributed by atoms with Gasteiger partial charge in [0.15, 0.2) is 0 Å². The maximum atomic E-state index is 12.9. The van der Waals surface area contributed by atoms with Crippen molar-refractivity contribution in [2.24, 2.45) is 0 Å². The van der Waals surface area contributed by atoms with E-state index in [0.29, 0.717) is 45.6 Å². The predicted octanol–water partition coefficient (Wildman–Crippen LogP) is 1.32. The van der Waals surface area contributed by atoms with E-state index in [1.807, 2.05) is 34.1 Å². The SMILES string of the molecule is O=C(CCCCCC(=O)N1CCN(C(=O)C2CNc3ccccc32)CC1)NO. The van der Waals surface area contributed by atoms with Gasteiger partial charge in [-0.1, -0.05) is 24.6 Å². The number of amides is 3. The Kier molecular flexibility index (Phi) is 6.86. The Balaban J connectivity index is 1.39. The third kappa shape index (κ3) is 4.81. The van der Waals surface area contributed by atoms with E-state index in [2.05, 4.69) is 5.32 Å². The van der Waals surface area contributed by atoms with Crippen molar-refractivity contribution in [3.8, 4) is 0 Å². The number of anilines is 1. The van der Waals surface area contributed by atoms with Gasteiger partial charge in [0.05, 0.1) is 5.92 Å². The van der Waals surface area contributed by atoms with Gasteiger partial charge < -0.3 is 15.1 Å². The Hall–Kier alpha value is -2.61. The molecule has 0 bridgehead atoms. The highest BCUT2D eigenvalue weighted by Gasteiger charge is 2.33. The van der Waals surface area contributed by atoms with Crippen LogP contribution in [0.25, 0.3) is 0 Å². The van der Waals surface area contributed by atoms with Crippen molar-refractivity contribution in [3.05, 3.63) is 29.8 Å². The summed E-state index contributed by atoms with van der Waals surface area (Å²) in [5.74, 6) is -0.305. The van der Waals surface area contributed by atoms with Crippen molar-refractivity contribution in [3.63, 3.8) is 0 Å². The number of carbonyl (C=O) groups excluding carboxylic acids is 3. The van der Waals surface area contributed by atoms with Gasteiger partial charge in [0.2, 0.25) is 17.7 Å². The van der Waals surface area contributed by atoms with Gasteiger partial charge in [0, 0.05) is 51.3 Å². The molecule has 1 aromatic rings. The van der Waals surface area contributed by atoms with E-state index >= 15 is 0 Å². The van der Waals surface area contributed by atoms with Crippen LogP contribution in [-0.4, -0.2) is 65.5 Å². The smallest absolute Gasteiger partial charge is 0.243 e. The molecule has 8 nitrogen and oxygen atoms in total. The number of piperazine rings is 1. The second-order valence-corrected chi connectivity index (χ2v) is 7.32. The van der Waals surface area contributed by atoms with E-state index in [1.54, 1.807) is 5.48 Å². The molecule has 1 unspecified atom stereocenters. The minimum Gasteiger partial charge on any atom is -0.384 e. The van der Waals surface area contributed by atoms with Crippen LogP contribution in [0.1, 0.15) is 43.6 Å². The molecule has 3 amide bonds. The molecule has 152 valence electrons. The van der Waals surface area contributed by atoms with Crippen LogP contribution in [-0.2, 0) is 14.4 Å². The highest BCUT2D eigenvalue weighted by Crippen LogP contribution is 2.32. The zero-order valence-corrected chi connectivity index (χ0v) is 16.0. The van der Waals surface area contributed by atoms with Crippen molar-refractivity contribution in [2.75, 3.05) is 38.0 Å². The Morgan fingerprint density at radius 2 is 1.68 bits per heavy atom. The lowest BCUT2D eigenvalue weighted by Crippen LogP contribution is -2.51. The zero-order valence-electron chi connectivity index (χ0n) is 16.0. The van der Waals surface area contributed by atoms with Crippen LogP contribution in [0.3, 0.4) is 0 Å². The first kappa shape index (κ1) is 20.1. The molecule has 2 heterocycles. The number of nitrogens with one attached hydrogen (secondary N) is 2. The van der Waals surface area contributed by atoms with E-state index in [4.69, 9.17) is 5.21 Å². The number of nitrogens with zero attached hydrogens (tertiary/aromatic N) is 2. The van der Waals surface area contributed by atoms with Crippen LogP contribution in [0.15, 0.2) is 24.3 Å². The quantitative estimate of drug-likeness (QED) is 0.371. The Bertz CT molecular complexity index is 716. The van der Waals surface area contributed by atoms with Crippen LogP contribution in [0.2, 0.25) is 0 Å². The van der Waals surface area contributed by atoms with Crippen LogP contribution >= 0.6 is 0 Å². The number of hydrogen-bond acceptors (Lipinski definition) is 5. The monoisotopic (exact) mass is 388 g/mol. The average molecular weight is 388 g/mol. The fraction of sp³-hybridized carbons (Fsp3) is 0.550. The molecule has 8 heteroatoms. The third-order valence-electron chi connectivity index (χ3n) is 5.49. The summed E-state index contributed by atoms with van der Waals surface area (Å²) < 4.78 is 0. The molecule has 0 aliphatic carbocycles. The lowest BCUT2D eigenvalue weighted by molar-refractivity contribution is -0.140. The number of carbonyl (C=O) groups is 3. The van der Waals surface area contributed by atoms with Gasteiger partial charge in [-0.25, -0.2) is 5.48 Å². The van der Waals surface area contributed by atoms with Crippen molar-refractivity contribution < 1.29 is 19.6 Å². The maximum Gasteiger partial charge on any atom is 0.243 e. The van der Waals surface area contributed by atoms with E-state index in [0.717, 1.165) is 24.1 Å². The molecule has 2 aliphatic heterocycles. The first-order chi connectivity index (χ1) is 13.6. The summed E-state index contributed by atoms with van der Waals surface area (Å²) in [6.45, 7) is 2.91. The summed E-state index contributed by atoms with van der Waals surface area (Å²) >= 11 is 0. The number of hydroxylamine groups is 1. The van der Waals surface area contributed by atoms with Crippen molar-refractivity contribution in [1.82, 2.24) is 15.3 Å². The molecule has 2 aliphatic rings. The second kappa shape index (κ2) is 9.54. The largest absolute Gasteiger partial charge is 0.384 e. The topological polar surface area (TPSA) is 102 Å². The summed E-state index contributed by atoms with van der Waals surface area (Å²) in [5.41, 5.74) is 3.69. The van der Waals surface area contributed by atoms with Gasteiger partial charge in [-0.05, 0) is 24.5 Å². The average Bonchev–Trinajstić information content (AvgIpc) is 3.17. The van der Waals surface area contributed by atoms with Crippen LogP contribution in [0, 0.1) is 0 Å². The molecule has 0 saturated carbocycles. The summed E-state index contributed by atoms with van der Waals surface area (Å²) in [6.07, 6.45) is 2.87. The minimum absolute atomic E-state index is 0.103. The number of unbranched alkanes of at least 4 members (excludes halogenated alkanes) is 2. The summed E-state index contributed by atoms with van der Waals surface area (Å²) in [4.78, 5) is 39.9. The summed E-state index contributed by atoms with van der Waals surface area (Å²) in [5, 5.41) is 11.7. The zero-order chi connectivity index (χ0) is 19.9. The predicted molar refractivity (Wildman–Crippen MR) is 104 cm³/mol. The number of para-hydroxylation sites is 1. The molecule has 1 aromatic carbocycles. The van der Waals surface area contributed by atoms with E-state index < -0.39 is 5.91 Å². The molecule has 28 heavy (non-hydrogen) atoms. The van der Waals surface area contributed by atoms with E-state index in [-0.39, 0.29) is 24.2 Å². The van der Waals surface area contributed by atoms with E-state index in [9.17, 15) is 14.4 Å². The van der Waals surface area contributed by atoms with Gasteiger partial charge in [-0.15, -0.1) is 0 Å². The Morgan fingerprint density at radius 3 is 2.43 bits per heavy atom. The van der Waals surface area contributed by atoms with Gasteiger partial charge in [-0.2, -0.15) is 0 Å². The Labute approximate surface area is 164 Å². The summed E-state index contributed by atoms with van der Waals surface area (Å²) in [7, 11) is 0. The lowest BCUT2D eigenvalue weighted by Gasteiger charge is -2.36. The van der Waals surface area contributed by atoms with Crippen LogP contribution in [0.4, 0.5) is 5.69 Å². The lowest BCUT2D eigenvalue weighted by atomic mass is 9.99. The molecule has 1 fully saturated rings. The molecule has 3 rings (SSSR count).